The van der Waals surface area contributed by atoms with E-state index in [9.17, 15) is 9.59 Å². The summed E-state index contributed by atoms with van der Waals surface area (Å²) < 4.78 is 0. The van der Waals surface area contributed by atoms with Crippen molar-refractivity contribution < 1.29 is 9.59 Å². The fourth-order valence-corrected chi connectivity index (χ4v) is 3.00. The number of carbonyl (C=O) groups excluding carboxylic acids is 2. The summed E-state index contributed by atoms with van der Waals surface area (Å²) in [7, 11) is 0. The Hall–Kier alpha value is -1.83. The lowest BCUT2D eigenvalue weighted by molar-refractivity contribution is -0.122. The molecule has 0 spiro atoms. The van der Waals surface area contributed by atoms with Crippen LogP contribution >= 0.6 is 34.5 Å². The van der Waals surface area contributed by atoms with Crippen LogP contribution in [-0.4, -0.2) is 29.4 Å². The highest BCUT2D eigenvalue weighted by molar-refractivity contribution is 7.14. The summed E-state index contributed by atoms with van der Waals surface area (Å²) in [6.07, 6.45) is 0. The molecule has 2 rings (SSSR count). The topological polar surface area (TPSA) is 83.1 Å². The minimum absolute atomic E-state index is 0.221. The molecule has 0 aliphatic heterocycles. The van der Waals surface area contributed by atoms with Gasteiger partial charge in [0.15, 0.2) is 5.13 Å². The van der Waals surface area contributed by atoms with Crippen LogP contribution in [0.4, 0.5) is 10.8 Å². The summed E-state index contributed by atoms with van der Waals surface area (Å²) in [5.41, 5.74) is 0.820. The first-order chi connectivity index (χ1) is 12.3. The highest BCUT2D eigenvalue weighted by atomic mass is 35.5. The largest absolute Gasteiger partial charge is 0.354 e. The molecule has 1 unspecified atom stereocenters. The third kappa shape index (κ3) is 5.59. The molecule has 9 heteroatoms. The minimum Gasteiger partial charge on any atom is -0.354 e. The van der Waals surface area contributed by atoms with E-state index in [1.54, 1.807) is 30.5 Å². The van der Waals surface area contributed by atoms with E-state index in [4.69, 9.17) is 23.2 Å². The molecular weight excluding hydrogens is 395 g/mol. The van der Waals surface area contributed by atoms with E-state index >= 15 is 0 Å². The first-order valence-electron chi connectivity index (χ1n) is 8.03. The Morgan fingerprint density at radius 1 is 1.23 bits per heavy atom. The molecule has 2 aromatic rings. The fourth-order valence-electron chi connectivity index (χ4n) is 1.94. The number of halogens is 2. The van der Waals surface area contributed by atoms with Crippen molar-refractivity contribution in [2.75, 3.05) is 11.9 Å². The molecular formula is C17H20Cl2N4O2S. The van der Waals surface area contributed by atoms with Crippen molar-refractivity contribution in [3.8, 4) is 0 Å². The third-order valence-electron chi connectivity index (χ3n) is 3.36. The average molecular weight is 415 g/mol. The summed E-state index contributed by atoms with van der Waals surface area (Å²) >= 11 is 13.4. The third-order valence-corrected chi connectivity index (χ3v) is 4.93. The number of hydrogen-bond donors (Lipinski definition) is 3. The number of nitrogens with zero attached hydrogens (tertiary/aromatic N) is 1. The lowest BCUT2D eigenvalue weighted by Gasteiger charge is -2.14. The van der Waals surface area contributed by atoms with Gasteiger partial charge in [-0.05, 0) is 25.0 Å². The van der Waals surface area contributed by atoms with Crippen molar-refractivity contribution in [3.63, 3.8) is 0 Å². The van der Waals surface area contributed by atoms with E-state index in [2.05, 4.69) is 20.9 Å². The molecule has 0 radical (unpaired) electrons. The van der Waals surface area contributed by atoms with Gasteiger partial charge in [0.05, 0.1) is 15.7 Å². The number of aromatic nitrogens is 1. The van der Waals surface area contributed by atoms with Crippen LogP contribution < -0.4 is 16.0 Å². The van der Waals surface area contributed by atoms with Crippen LogP contribution in [0.5, 0.6) is 0 Å². The maximum Gasteiger partial charge on any atom is 0.271 e. The molecule has 6 nitrogen and oxygen atoms in total. The van der Waals surface area contributed by atoms with E-state index in [1.165, 1.54) is 11.3 Å². The molecule has 2 amide bonds. The minimum atomic E-state index is -0.651. The maximum absolute atomic E-state index is 12.3. The number of thiazole rings is 1. The zero-order valence-corrected chi connectivity index (χ0v) is 16.9. The second-order valence-electron chi connectivity index (χ2n) is 6.10. The van der Waals surface area contributed by atoms with E-state index in [1.807, 2.05) is 13.8 Å². The number of carbonyl (C=O) groups is 2. The number of nitrogens with one attached hydrogen (secondary N) is 3. The highest BCUT2D eigenvalue weighted by Gasteiger charge is 2.19. The van der Waals surface area contributed by atoms with Crippen LogP contribution in [0.1, 0.15) is 31.3 Å². The van der Waals surface area contributed by atoms with Crippen molar-refractivity contribution in [3.05, 3.63) is 39.3 Å². The summed E-state index contributed by atoms with van der Waals surface area (Å²) in [5, 5.41) is 11.3. The number of amides is 2. The zero-order chi connectivity index (χ0) is 19.3. The van der Waals surface area contributed by atoms with Gasteiger partial charge >= 0.3 is 0 Å². The number of anilines is 2. The second kappa shape index (κ2) is 9.21. The summed E-state index contributed by atoms with van der Waals surface area (Å²) in [6.45, 7) is 6.19. The SMILES string of the molecule is CC(C)CNC(=O)C(C)NC(=O)c1csc(Nc2cccc(Cl)c2Cl)n1. The van der Waals surface area contributed by atoms with Crippen molar-refractivity contribution in [1.29, 1.82) is 0 Å². The molecule has 0 aliphatic carbocycles. The number of rotatable bonds is 7. The van der Waals surface area contributed by atoms with Crippen LogP contribution in [0.3, 0.4) is 0 Å². The zero-order valence-electron chi connectivity index (χ0n) is 14.6. The molecule has 0 bridgehead atoms. The molecule has 0 saturated heterocycles. The Labute approximate surface area is 166 Å². The van der Waals surface area contributed by atoms with E-state index in [0.717, 1.165) is 0 Å². The van der Waals surface area contributed by atoms with E-state index in [-0.39, 0.29) is 11.6 Å². The molecule has 26 heavy (non-hydrogen) atoms. The van der Waals surface area contributed by atoms with Gasteiger partial charge in [0, 0.05) is 11.9 Å². The molecule has 0 saturated carbocycles. The Kier molecular flexibility index (Phi) is 7.25. The van der Waals surface area contributed by atoms with Crippen molar-refractivity contribution >= 4 is 57.2 Å². The Morgan fingerprint density at radius 2 is 1.96 bits per heavy atom. The Bertz CT molecular complexity index is 795. The Morgan fingerprint density at radius 3 is 2.65 bits per heavy atom. The summed E-state index contributed by atoms with van der Waals surface area (Å²) in [4.78, 5) is 28.4. The molecule has 3 N–H and O–H groups in total. The molecule has 1 aromatic heterocycles. The smallest absolute Gasteiger partial charge is 0.271 e. The van der Waals surface area contributed by atoms with Gasteiger partial charge in [-0.1, -0.05) is 43.1 Å². The number of benzene rings is 1. The summed E-state index contributed by atoms with van der Waals surface area (Å²) in [6, 6.07) is 4.55. The van der Waals surface area contributed by atoms with Gasteiger partial charge in [0.1, 0.15) is 11.7 Å². The Balaban J connectivity index is 1.97. The van der Waals surface area contributed by atoms with E-state index < -0.39 is 11.9 Å². The molecule has 1 heterocycles. The molecule has 1 atom stereocenters. The molecule has 1 aromatic carbocycles. The standard InChI is InChI=1S/C17H20Cl2N4O2S/c1-9(2)7-20-15(24)10(3)21-16(25)13-8-26-17(23-13)22-12-6-4-5-11(18)14(12)19/h4-6,8-10H,7H2,1-3H3,(H,20,24)(H,21,25)(H,22,23). The normalized spacial score (nSPS) is 11.9. The number of hydrogen-bond acceptors (Lipinski definition) is 5. The van der Waals surface area contributed by atoms with Crippen LogP contribution in [-0.2, 0) is 4.79 Å². The molecule has 140 valence electrons. The van der Waals surface area contributed by atoms with Gasteiger partial charge in [0.25, 0.3) is 5.91 Å². The first kappa shape index (κ1) is 20.5. The van der Waals surface area contributed by atoms with Crippen molar-refractivity contribution in [2.45, 2.75) is 26.8 Å². The van der Waals surface area contributed by atoms with E-state index in [0.29, 0.717) is 33.3 Å². The van der Waals surface area contributed by atoms with Crippen molar-refractivity contribution in [1.82, 2.24) is 15.6 Å². The average Bonchev–Trinajstić information content (AvgIpc) is 3.05. The van der Waals surface area contributed by atoms with Crippen LogP contribution in [0.2, 0.25) is 10.0 Å². The molecule has 0 aliphatic rings. The second-order valence-corrected chi connectivity index (χ2v) is 7.74. The lowest BCUT2D eigenvalue weighted by Crippen LogP contribution is -2.45. The van der Waals surface area contributed by atoms with Crippen LogP contribution in [0.25, 0.3) is 0 Å². The van der Waals surface area contributed by atoms with Gasteiger partial charge in [-0.2, -0.15) is 0 Å². The highest BCUT2D eigenvalue weighted by Crippen LogP contribution is 2.32. The predicted molar refractivity (Wildman–Crippen MR) is 107 cm³/mol. The van der Waals surface area contributed by atoms with Crippen LogP contribution in [0.15, 0.2) is 23.6 Å². The van der Waals surface area contributed by atoms with Crippen LogP contribution in [0, 0.1) is 5.92 Å². The predicted octanol–water partition coefficient (Wildman–Crippen LogP) is 4.08. The molecule has 0 fully saturated rings. The maximum atomic E-state index is 12.3. The van der Waals surface area contributed by atoms with Crippen molar-refractivity contribution in [2.24, 2.45) is 5.92 Å². The fraction of sp³-hybridized carbons (Fsp3) is 0.353. The first-order valence-corrected chi connectivity index (χ1v) is 9.66. The lowest BCUT2D eigenvalue weighted by atomic mass is 10.2. The van der Waals surface area contributed by atoms with Gasteiger partial charge < -0.3 is 16.0 Å². The summed E-state index contributed by atoms with van der Waals surface area (Å²) in [5.74, 6) is -0.308. The quantitative estimate of drug-likeness (QED) is 0.636. The van der Waals surface area contributed by atoms with Gasteiger partial charge in [-0.25, -0.2) is 4.98 Å². The van der Waals surface area contributed by atoms with Gasteiger partial charge in [0.2, 0.25) is 5.91 Å². The monoisotopic (exact) mass is 414 g/mol. The van der Waals surface area contributed by atoms with Gasteiger partial charge in [-0.3, -0.25) is 9.59 Å². The van der Waals surface area contributed by atoms with Gasteiger partial charge in [-0.15, -0.1) is 11.3 Å².